The average molecular weight is 384 g/mol. The van der Waals surface area contributed by atoms with Crippen LogP contribution in [0.1, 0.15) is 13.3 Å². The molecule has 0 aliphatic heterocycles. The molecule has 3 nitrogen and oxygen atoms in total. The van der Waals surface area contributed by atoms with Gasteiger partial charge in [-0.3, -0.25) is 4.79 Å². The van der Waals surface area contributed by atoms with Crippen molar-refractivity contribution in [1.82, 2.24) is 5.32 Å². The number of hydrogen-bond donors (Lipinski definition) is 2. The molecular formula is C11H13Br2ClN2O. The van der Waals surface area contributed by atoms with Gasteiger partial charge in [-0.1, -0.05) is 18.5 Å². The van der Waals surface area contributed by atoms with E-state index in [0.717, 1.165) is 21.9 Å². The molecule has 0 aromatic heterocycles. The highest BCUT2D eigenvalue weighted by Gasteiger charge is 2.10. The molecule has 0 unspecified atom stereocenters. The number of anilines is 1. The molecule has 1 aromatic carbocycles. The Kier molecular flexibility index (Phi) is 6.48. The van der Waals surface area contributed by atoms with Crippen LogP contribution in [0.3, 0.4) is 0 Å². The van der Waals surface area contributed by atoms with E-state index in [0.29, 0.717) is 17.3 Å². The molecule has 6 heteroatoms. The average Bonchev–Trinajstić information content (AvgIpc) is 2.24. The van der Waals surface area contributed by atoms with Gasteiger partial charge < -0.3 is 10.6 Å². The molecule has 17 heavy (non-hydrogen) atoms. The second-order valence-corrected chi connectivity index (χ2v) is 5.61. The summed E-state index contributed by atoms with van der Waals surface area (Å²) in [4.78, 5) is 11.6. The molecule has 0 radical (unpaired) electrons. The fourth-order valence-electron chi connectivity index (χ4n) is 1.22. The highest BCUT2D eigenvalue weighted by molar-refractivity contribution is 9.11. The van der Waals surface area contributed by atoms with Crippen molar-refractivity contribution in [1.29, 1.82) is 0 Å². The predicted octanol–water partition coefficient (Wildman–Crippen LogP) is 3.80. The summed E-state index contributed by atoms with van der Waals surface area (Å²) in [6, 6.07) is 3.48. The first kappa shape index (κ1) is 15.0. The summed E-state index contributed by atoms with van der Waals surface area (Å²) in [5.74, 6) is -0.0813. The van der Waals surface area contributed by atoms with Gasteiger partial charge in [0, 0.05) is 14.0 Å². The molecule has 1 aromatic rings. The van der Waals surface area contributed by atoms with E-state index in [2.05, 4.69) is 49.4 Å². The molecule has 0 heterocycles. The Bertz CT molecular complexity index is 389. The summed E-state index contributed by atoms with van der Waals surface area (Å²) in [5.41, 5.74) is 0.692. The third kappa shape index (κ3) is 4.95. The van der Waals surface area contributed by atoms with E-state index >= 15 is 0 Å². The zero-order chi connectivity index (χ0) is 12.8. The summed E-state index contributed by atoms with van der Waals surface area (Å²) in [7, 11) is 0. The Labute approximate surface area is 123 Å². The highest BCUT2D eigenvalue weighted by Crippen LogP contribution is 2.34. The van der Waals surface area contributed by atoms with E-state index in [1.807, 2.05) is 0 Å². The van der Waals surface area contributed by atoms with Crippen LogP contribution < -0.4 is 10.6 Å². The SMILES string of the molecule is CCCNCC(=O)Nc1c(Br)cc(Cl)cc1Br. The van der Waals surface area contributed by atoms with Gasteiger partial charge in [0.2, 0.25) is 5.91 Å². The molecule has 0 atom stereocenters. The molecule has 0 bridgehead atoms. The Hall–Kier alpha value is -0.100. The van der Waals surface area contributed by atoms with Gasteiger partial charge in [0.15, 0.2) is 0 Å². The first-order chi connectivity index (χ1) is 8.04. The van der Waals surface area contributed by atoms with Gasteiger partial charge in [-0.25, -0.2) is 0 Å². The number of nitrogens with one attached hydrogen (secondary N) is 2. The fourth-order valence-corrected chi connectivity index (χ4v) is 3.09. The molecule has 0 saturated heterocycles. The molecule has 1 amide bonds. The minimum Gasteiger partial charge on any atom is -0.323 e. The second kappa shape index (κ2) is 7.36. The van der Waals surface area contributed by atoms with Gasteiger partial charge in [0.05, 0.1) is 12.2 Å². The number of rotatable bonds is 5. The Balaban J connectivity index is 2.65. The lowest BCUT2D eigenvalue weighted by atomic mass is 10.3. The van der Waals surface area contributed by atoms with E-state index in [9.17, 15) is 4.79 Å². The van der Waals surface area contributed by atoms with Crippen molar-refractivity contribution in [3.63, 3.8) is 0 Å². The van der Waals surface area contributed by atoms with Crippen molar-refractivity contribution in [3.05, 3.63) is 26.1 Å². The third-order valence-corrected chi connectivity index (χ3v) is 3.45. The number of amides is 1. The van der Waals surface area contributed by atoms with Gasteiger partial charge in [-0.2, -0.15) is 0 Å². The Morgan fingerprint density at radius 1 is 1.35 bits per heavy atom. The van der Waals surface area contributed by atoms with Gasteiger partial charge in [0.25, 0.3) is 0 Å². The maximum absolute atomic E-state index is 11.6. The van der Waals surface area contributed by atoms with Crippen LogP contribution in [-0.2, 0) is 4.79 Å². The quantitative estimate of drug-likeness (QED) is 0.758. The molecule has 1 rings (SSSR count). The van der Waals surface area contributed by atoms with Crippen molar-refractivity contribution in [2.24, 2.45) is 0 Å². The molecule has 0 spiro atoms. The number of benzene rings is 1. The molecule has 0 aliphatic carbocycles. The maximum Gasteiger partial charge on any atom is 0.238 e. The number of halogens is 3. The monoisotopic (exact) mass is 382 g/mol. The normalized spacial score (nSPS) is 10.4. The standard InChI is InChI=1S/C11H13Br2ClN2O/c1-2-3-15-6-10(17)16-11-8(12)4-7(14)5-9(11)13/h4-5,15H,2-3,6H2,1H3,(H,16,17). The van der Waals surface area contributed by atoms with Crippen LogP contribution in [0.2, 0.25) is 5.02 Å². The van der Waals surface area contributed by atoms with E-state index < -0.39 is 0 Å². The third-order valence-electron chi connectivity index (χ3n) is 1.98. The summed E-state index contributed by atoms with van der Waals surface area (Å²) in [5, 5.41) is 6.45. The van der Waals surface area contributed by atoms with Gasteiger partial charge in [0.1, 0.15) is 0 Å². The van der Waals surface area contributed by atoms with Crippen LogP contribution in [-0.4, -0.2) is 19.0 Å². The zero-order valence-electron chi connectivity index (χ0n) is 9.32. The molecule has 2 N–H and O–H groups in total. The maximum atomic E-state index is 11.6. The van der Waals surface area contributed by atoms with E-state index in [1.54, 1.807) is 12.1 Å². The van der Waals surface area contributed by atoms with Crippen LogP contribution in [0.15, 0.2) is 21.1 Å². The first-order valence-electron chi connectivity index (χ1n) is 5.19. The number of carbonyl (C=O) groups excluding carboxylic acids is 1. The minimum absolute atomic E-state index is 0.0813. The van der Waals surface area contributed by atoms with Crippen LogP contribution in [0.4, 0.5) is 5.69 Å². The zero-order valence-corrected chi connectivity index (χ0v) is 13.2. The Morgan fingerprint density at radius 3 is 2.47 bits per heavy atom. The van der Waals surface area contributed by atoms with Gasteiger partial charge in [-0.05, 0) is 57.0 Å². The lowest BCUT2D eigenvalue weighted by Crippen LogP contribution is -2.28. The van der Waals surface area contributed by atoms with Gasteiger partial charge >= 0.3 is 0 Å². The molecule has 94 valence electrons. The van der Waals surface area contributed by atoms with Crippen LogP contribution in [0, 0.1) is 0 Å². The summed E-state index contributed by atoms with van der Waals surface area (Å²) in [6.45, 7) is 3.18. The molecule has 0 saturated carbocycles. The number of carbonyl (C=O) groups is 1. The lowest BCUT2D eigenvalue weighted by molar-refractivity contribution is -0.115. The van der Waals surface area contributed by atoms with Crippen molar-refractivity contribution < 1.29 is 4.79 Å². The van der Waals surface area contributed by atoms with Crippen molar-refractivity contribution in [3.8, 4) is 0 Å². The van der Waals surface area contributed by atoms with Gasteiger partial charge in [-0.15, -0.1) is 0 Å². The highest BCUT2D eigenvalue weighted by atomic mass is 79.9. The van der Waals surface area contributed by atoms with E-state index in [4.69, 9.17) is 11.6 Å². The fraction of sp³-hybridized carbons (Fsp3) is 0.364. The summed E-state index contributed by atoms with van der Waals surface area (Å²) < 4.78 is 1.50. The Morgan fingerprint density at radius 2 is 1.94 bits per heavy atom. The van der Waals surface area contributed by atoms with Crippen LogP contribution in [0.25, 0.3) is 0 Å². The minimum atomic E-state index is -0.0813. The summed E-state index contributed by atoms with van der Waals surface area (Å²) >= 11 is 12.6. The molecule has 0 fully saturated rings. The smallest absolute Gasteiger partial charge is 0.238 e. The van der Waals surface area contributed by atoms with E-state index in [-0.39, 0.29) is 5.91 Å². The summed E-state index contributed by atoms with van der Waals surface area (Å²) in [6.07, 6.45) is 1.00. The van der Waals surface area contributed by atoms with Crippen molar-refractivity contribution >= 4 is 55.1 Å². The largest absolute Gasteiger partial charge is 0.323 e. The molecular weight excluding hydrogens is 371 g/mol. The lowest BCUT2D eigenvalue weighted by Gasteiger charge is -2.10. The van der Waals surface area contributed by atoms with Crippen molar-refractivity contribution in [2.45, 2.75) is 13.3 Å². The van der Waals surface area contributed by atoms with Crippen molar-refractivity contribution in [2.75, 3.05) is 18.4 Å². The predicted molar refractivity (Wildman–Crippen MR) is 78.6 cm³/mol. The van der Waals surface area contributed by atoms with Crippen LogP contribution >= 0.6 is 43.5 Å². The second-order valence-electron chi connectivity index (χ2n) is 3.47. The molecule has 0 aliphatic rings. The topological polar surface area (TPSA) is 41.1 Å². The van der Waals surface area contributed by atoms with Crippen LogP contribution in [0.5, 0.6) is 0 Å². The first-order valence-corrected chi connectivity index (χ1v) is 7.16. The number of hydrogen-bond acceptors (Lipinski definition) is 2. The van der Waals surface area contributed by atoms with E-state index in [1.165, 1.54) is 0 Å².